The van der Waals surface area contributed by atoms with Crippen molar-refractivity contribution in [3.8, 4) is 5.75 Å². The fourth-order valence-electron chi connectivity index (χ4n) is 2.99. The number of rotatable bonds is 5. The smallest absolute Gasteiger partial charge is 0.403 e. The highest BCUT2D eigenvalue weighted by atomic mass is 19.4. The van der Waals surface area contributed by atoms with Gasteiger partial charge in [0, 0.05) is 32.2 Å². The van der Waals surface area contributed by atoms with Crippen LogP contribution in [0.1, 0.15) is 31.9 Å². The highest BCUT2D eigenvalue weighted by molar-refractivity contribution is 5.31. The van der Waals surface area contributed by atoms with Crippen LogP contribution in [0, 0.1) is 11.7 Å². The molecule has 2 rings (SSSR count). The third-order valence-electron chi connectivity index (χ3n) is 4.25. The Morgan fingerprint density at radius 2 is 1.91 bits per heavy atom. The fraction of sp³-hybridized carbons (Fsp3) is 0.625. The first kappa shape index (κ1) is 18.0. The normalized spacial score (nSPS) is 19.4. The van der Waals surface area contributed by atoms with Crippen LogP contribution >= 0.6 is 0 Å². The Hall–Kier alpha value is -1.34. The van der Waals surface area contributed by atoms with E-state index < -0.39 is 17.9 Å². The van der Waals surface area contributed by atoms with Gasteiger partial charge in [0.1, 0.15) is 0 Å². The molecule has 2 atom stereocenters. The topological polar surface area (TPSA) is 24.5 Å². The van der Waals surface area contributed by atoms with Gasteiger partial charge >= 0.3 is 6.36 Å². The lowest BCUT2D eigenvalue weighted by molar-refractivity contribution is -0.275. The van der Waals surface area contributed by atoms with Crippen molar-refractivity contribution in [3.63, 3.8) is 0 Å². The maximum Gasteiger partial charge on any atom is 0.573 e. The van der Waals surface area contributed by atoms with Crippen LogP contribution in [-0.4, -0.2) is 37.4 Å². The van der Waals surface area contributed by atoms with Gasteiger partial charge in [0.25, 0.3) is 0 Å². The van der Waals surface area contributed by atoms with E-state index in [1.54, 1.807) is 0 Å². The molecule has 0 aliphatic carbocycles. The average Bonchev–Trinajstić information content (AvgIpc) is 2.50. The van der Waals surface area contributed by atoms with Gasteiger partial charge < -0.3 is 10.1 Å². The minimum atomic E-state index is -4.89. The number of benzene rings is 1. The highest BCUT2D eigenvalue weighted by Gasteiger charge is 2.33. The van der Waals surface area contributed by atoms with Crippen LogP contribution in [-0.2, 0) is 0 Å². The molecule has 1 heterocycles. The fourth-order valence-corrected chi connectivity index (χ4v) is 2.99. The lowest BCUT2D eigenvalue weighted by Crippen LogP contribution is -2.46. The summed E-state index contributed by atoms with van der Waals surface area (Å²) in [4.78, 5) is 2.25. The molecule has 0 spiro atoms. The summed E-state index contributed by atoms with van der Waals surface area (Å²) in [5.74, 6) is -1.50. The molecule has 1 aliphatic heterocycles. The summed E-state index contributed by atoms with van der Waals surface area (Å²) < 4.78 is 54.5. The number of halogens is 4. The van der Waals surface area contributed by atoms with Crippen LogP contribution in [0.25, 0.3) is 0 Å². The van der Waals surface area contributed by atoms with Crippen LogP contribution in [0.4, 0.5) is 17.6 Å². The van der Waals surface area contributed by atoms with Gasteiger partial charge in [-0.3, -0.25) is 4.90 Å². The average molecular weight is 334 g/mol. The van der Waals surface area contributed by atoms with E-state index in [9.17, 15) is 17.6 Å². The zero-order valence-corrected chi connectivity index (χ0v) is 13.3. The SMILES string of the molecule is CCC(C)[C@@H](c1ccc(OC(F)(F)F)c(F)c1)N1CCNCC1. The standard InChI is InChI=1S/C16H22F4N2O/c1-3-11(2)15(22-8-6-21-7-9-22)12-4-5-14(13(17)10-12)23-16(18,19)20/h4-5,10-11,15,21H,3,6-9H2,1-2H3/t11?,15-/m0/s1. The predicted molar refractivity (Wildman–Crippen MR) is 79.7 cm³/mol. The number of alkyl halides is 3. The number of hydrogen-bond acceptors (Lipinski definition) is 3. The molecule has 0 radical (unpaired) electrons. The van der Waals surface area contributed by atoms with Crippen molar-refractivity contribution in [1.82, 2.24) is 10.2 Å². The first-order valence-electron chi connectivity index (χ1n) is 7.81. The second-order valence-corrected chi connectivity index (χ2v) is 5.85. The van der Waals surface area contributed by atoms with Crippen molar-refractivity contribution >= 4 is 0 Å². The van der Waals surface area contributed by atoms with E-state index >= 15 is 0 Å². The van der Waals surface area contributed by atoms with E-state index in [1.807, 2.05) is 0 Å². The summed E-state index contributed by atoms with van der Waals surface area (Å²) in [6, 6.07) is 3.75. The largest absolute Gasteiger partial charge is 0.573 e. The molecule has 1 aliphatic rings. The van der Waals surface area contributed by atoms with Gasteiger partial charge in [0.2, 0.25) is 0 Å². The van der Waals surface area contributed by atoms with Gasteiger partial charge in [-0.2, -0.15) is 0 Å². The molecule has 0 bridgehead atoms. The Balaban J connectivity index is 2.26. The zero-order valence-electron chi connectivity index (χ0n) is 13.3. The number of hydrogen-bond donors (Lipinski definition) is 1. The summed E-state index contributed by atoms with van der Waals surface area (Å²) >= 11 is 0. The van der Waals surface area contributed by atoms with Crippen molar-refractivity contribution in [3.05, 3.63) is 29.6 Å². The molecule has 1 N–H and O–H groups in total. The van der Waals surface area contributed by atoms with Crippen LogP contribution in [0.15, 0.2) is 18.2 Å². The van der Waals surface area contributed by atoms with Crippen molar-refractivity contribution in [2.45, 2.75) is 32.7 Å². The lowest BCUT2D eigenvalue weighted by Gasteiger charge is -2.38. The van der Waals surface area contributed by atoms with E-state index in [0.717, 1.165) is 38.7 Å². The van der Waals surface area contributed by atoms with Crippen molar-refractivity contribution < 1.29 is 22.3 Å². The molecule has 1 aromatic rings. The number of nitrogens with one attached hydrogen (secondary N) is 1. The third kappa shape index (κ3) is 4.81. The minimum Gasteiger partial charge on any atom is -0.403 e. The van der Waals surface area contributed by atoms with E-state index in [4.69, 9.17) is 0 Å². The molecule has 3 nitrogen and oxygen atoms in total. The first-order valence-corrected chi connectivity index (χ1v) is 7.81. The summed E-state index contributed by atoms with van der Waals surface area (Å²) in [5.41, 5.74) is 0.688. The molecule has 1 fully saturated rings. The number of nitrogens with zero attached hydrogens (tertiary/aromatic N) is 1. The molecule has 130 valence electrons. The van der Waals surface area contributed by atoms with Crippen molar-refractivity contribution in [2.24, 2.45) is 5.92 Å². The maximum absolute atomic E-state index is 14.0. The number of piperazine rings is 1. The van der Waals surface area contributed by atoms with Gasteiger partial charge in [-0.1, -0.05) is 26.3 Å². The van der Waals surface area contributed by atoms with Crippen LogP contribution < -0.4 is 10.1 Å². The predicted octanol–water partition coefficient (Wildman–Crippen LogP) is 3.72. The molecular formula is C16H22F4N2O. The van der Waals surface area contributed by atoms with Gasteiger partial charge in [0.15, 0.2) is 11.6 Å². The van der Waals surface area contributed by atoms with E-state index in [-0.39, 0.29) is 12.0 Å². The lowest BCUT2D eigenvalue weighted by atomic mass is 9.90. The number of ether oxygens (including phenoxy) is 1. The van der Waals surface area contributed by atoms with Gasteiger partial charge in [-0.05, 0) is 23.6 Å². The maximum atomic E-state index is 14.0. The molecule has 0 amide bonds. The highest BCUT2D eigenvalue weighted by Crippen LogP contribution is 2.34. The Morgan fingerprint density at radius 3 is 2.43 bits per heavy atom. The first-order chi connectivity index (χ1) is 10.8. The quantitative estimate of drug-likeness (QED) is 0.831. The Bertz CT molecular complexity index is 515. The van der Waals surface area contributed by atoms with Gasteiger partial charge in [-0.15, -0.1) is 13.2 Å². The molecule has 1 unspecified atom stereocenters. The molecular weight excluding hydrogens is 312 g/mol. The summed E-state index contributed by atoms with van der Waals surface area (Å²) in [5, 5.41) is 3.26. The molecule has 1 saturated heterocycles. The molecule has 1 aromatic carbocycles. The van der Waals surface area contributed by atoms with Crippen LogP contribution in [0.5, 0.6) is 5.75 Å². The minimum absolute atomic E-state index is 0.0171. The second-order valence-electron chi connectivity index (χ2n) is 5.85. The second kappa shape index (κ2) is 7.49. The van der Waals surface area contributed by atoms with Gasteiger partial charge in [-0.25, -0.2) is 4.39 Å². The van der Waals surface area contributed by atoms with Crippen molar-refractivity contribution in [1.29, 1.82) is 0 Å². The van der Waals surface area contributed by atoms with E-state index in [2.05, 4.69) is 28.8 Å². The molecule has 23 heavy (non-hydrogen) atoms. The van der Waals surface area contributed by atoms with Crippen molar-refractivity contribution in [2.75, 3.05) is 26.2 Å². The summed E-state index contributed by atoms with van der Waals surface area (Å²) in [7, 11) is 0. The summed E-state index contributed by atoms with van der Waals surface area (Å²) in [6.07, 6.45) is -3.99. The molecule has 0 saturated carbocycles. The summed E-state index contributed by atoms with van der Waals surface area (Å²) in [6.45, 7) is 7.49. The van der Waals surface area contributed by atoms with E-state index in [1.165, 1.54) is 12.1 Å². The molecule has 7 heteroatoms. The van der Waals surface area contributed by atoms with Crippen LogP contribution in [0.3, 0.4) is 0 Å². The van der Waals surface area contributed by atoms with E-state index in [0.29, 0.717) is 5.56 Å². The van der Waals surface area contributed by atoms with Crippen LogP contribution in [0.2, 0.25) is 0 Å². The zero-order chi connectivity index (χ0) is 17.0. The Morgan fingerprint density at radius 1 is 1.26 bits per heavy atom. The monoisotopic (exact) mass is 334 g/mol. The third-order valence-corrected chi connectivity index (χ3v) is 4.25. The Kier molecular flexibility index (Phi) is 5.86. The Labute approximate surface area is 133 Å². The molecule has 0 aromatic heterocycles. The van der Waals surface area contributed by atoms with Gasteiger partial charge in [0.05, 0.1) is 0 Å².